The number of carbonyl (C=O) groups excluding carboxylic acids is 1. The lowest BCUT2D eigenvalue weighted by molar-refractivity contribution is -0.144. The van der Waals surface area contributed by atoms with Gasteiger partial charge in [0, 0.05) is 28.8 Å². The Balaban J connectivity index is 1.96. The van der Waals surface area contributed by atoms with E-state index in [-0.39, 0.29) is 23.5 Å². The van der Waals surface area contributed by atoms with Gasteiger partial charge in [0.2, 0.25) is 5.43 Å². The van der Waals surface area contributed by atoms with Crippen LogP contribution in [-0.4, -0.2) is 27.0 Å². The molecule has 0 fully saturated rings. The van der Waals surface area contributed by atoms with E-state index in [1.54, 1.807) is 6.92 Å². The molecule has 7 heteroatoms. The Morgan fingerprint density at radius 2 is 1.96 bits per heavy atom. The number of hydrogen-bond donors (Lipinski definition) is 1. The number of pyridine rings is 1. The van der Waals surface area contributed by atoms with Gasteiger partial charge in [0.05, 0.1) is 12.4 Å². The average Bonchev–Trinajstić information content (AvgIpc) is 2.67. The third-order valence-corrected chi connectivity index (χ3v) is 5.63. The second-order valence-corrected chi connectivity index (χ2v) is 7.67. The van der Waals surface area contributed by atoms with Crippen molar-refractivity contribution >= 4 is 16.8 Å². The molecule has 0 aliphatic rings. The zero-order valence-corrected chi connectivity index (χ0v) is 16.4. The molecule has 2 atom stereocenters. The van der Waals surface area contributed by atoms with Gasteiger partial charge in [-0.3, -0.25) is 13.8 Å². The molecule has 0 aliphatic heterocycles. The van der Waals surface area contributed by atoms with Crippen molar-refractivity contribution in [2.24, 2.45) is 0 Å². The zero-order chi connectivity index (χ0) is 19.6. The summed E-state index contributed by atoms with van der Waals surface area (Å²) in [5, 5.41) is -0.742. The van der Waals surface area contributed by atoms with Gasteiger partial charge in [-0.2, -0.15) is 0 Å². The van der Waals surface area contributed by atoms with Crippen molar-refractivity contribution in [3.05, 3.63) is 64.1 Å². The van der Waals surface area contributed by atoms with Crippen LogP contribution < -0.4 is 10.2 Å². The van der Waals surface area contributed by atoms with Gasteiger partial charge in [-0.25, -0.2) is 0 Å². The Hall–Kier alpha value is -2.41. The predicted molar refractivity (Wildman–Crippen MR) is 105 cm³/mol. The molecule has 27 heavy (non-hydrogen) atoms. The highest BCUT2D eigenvalue weighted by atomic mass is 32.2. The highest BCUT2D eigenvalue weighted by Gasteiger charge is 2.25. The number of benzene rings is 1. The average molecular weight is 391 g/mol. The van der Waals surface area contributed by atoms with Gasteiger partial charge in [-0.1, -0.05) is 44.2 Å². The molecule has 0 spiro atoms. The third kappa shape index (κ3) is 6.36. The molecule has 1 aromatic heterocycles. The van der Waals surface area contributed by atoms with Crippen molar-refractivity contribution in [3.63, 3.8) is 0 Å². The van der Waals surface area contributed by atoms with Gasteiger partial charge in [-0.15, -0.1) is 0 Å². The summed E-state index contributed by atoms with van der Waals surface area (Å²) >= 11 is 0. The van der Waals surface area contributed by atoms with E-state index in [2.05, 4.69) is 4.98 Å². The van der Waals surface area contributed by atoms with Crippen molar-refractivity contribution < 1.29 is 18.5 Å². The summed E-state index contributed by atoms with van der Waals surface area (Å²) < 4.78 is 23.3. The van der Waals surface area contributed by atoms with Crippen LogP contribution in [0.3, 0.4) is 0 Å². The summed E-state index contributed by atoms with van der Waals surface area (Å²) in [6, 6.07) is 10.7. The van der Waals surface area contributed by atoms with Gasteiger partial charge in [0.1, 0.15) is 11.9 Å². The minimum Gasteiger partial charge on any atom is -0.488 e. The summed E-state index contributed by atoms with van der Waals surface area (Å²) in [7, 11) is -1.50. The fourth-order valence-corrected chi connectivity index (χ4v) is 3.77. The lowest BCUT2D eigenvalue weighted by atomic mass is 10.2. The number of aromatic amines is 1. The van der Waals surface area contributed by atoms with Crippen LogP contribution in [0.1, 0.15) is 37.9 Å². The first-order chi connectivity index (χ1) is 13.0. The number of ether oxygens (including phenoxy) is 2. The Labute approximate surface area is 161 Å². The van der Waals surface area contributed by atoms with Crippen LogP contribution in [0, 0.1) is 0 Å². The topological polar surface area (TPSA) is 85.5 Å². The largest absolute Gasteiger partial charge is 0.488 e. The van der Waals surface area contributed by atoms with Crippen molar-refractivity contribution in [3.8, 4) is 5.75 Å². The first-order valence-corrected chi connectivity index (χ1v) is 10.4. The van der Waals surface area contributed by atoms with Crippen LogP contribution in [0.2, 0.25) is 0 Å². The molecule has 0 saturated carbocycles. The monoisotopic (exact) mass is 391 g/mol. The Morgan fingerprint density at radius 1 is 1.22 bits per heavy atom. The van der Waals surface area contributed by atoms with Crippen LogP contribution in [0.5, 0.6) is 5.75 Å². The van der Waals surface area contributed by atoms with Gasteiger partial charge in [-0.05, 0) is 18.4 Å². The van der Waals surface area contributed by atoms with Gasteiger partial charge in [0.25, 0.3) is 0 Å². The molecule has 0 radical (unpaired) electrons. The van der Waals surface area contributed by atoms with Crippen molar-refractivity contribution in [2.75, 3.05) is 6.61 Å². The number of esters is 1. The lowest BCUT2D eigenvalue weighted by Gasteiger charge is -2.14. The van der Waals surface area contributed by atoms with Gasteiger partial charge in [0.15, 0.2) is 5.75 Å². The Morgan fingerprint density at radius 3 is 2.59 bits per heavy atom. The molecular formula is C20H25NO5S. The summed E-state index contributed by atoms with van der Waals surface area (Å²) in [6.45, 7) is 4.34. The number of hydrogen-bond acceptors (Lipinski definition) is 5. The molecule has 1 N–H and O–H groups in total. The van der Waals surface area contributed by atoms with E-state index in [0.717, 1.165) is 12.0 Å². The normalized spacial score (nSPS) is 13.0. The standard InChI is InChI=1S/C20H25NO5S/c1-3-10-25-18-12-21-16(11-17(18)22)14-27(24)19(4-2)20(23)26-13-15-8-6-5-7-9-15/h5-9,11-12,19H,3-4,10,13-14H2,1-2H3,(H,21,22). The number of H-pyrrole nitrogens is 1. The Kier molecular flexibility index (Phi) is 8.26. The molecule has 0 bridgehead atoms. The van der Waals surface area contributed by atoms with E-state index < -0.39 is 22.0 Å². The number of carbonyl (C=O) groups is 1. The molecule has 1 heterocycles. The predicted octanol–water partition coefficient (Wildman–Crippen LogP) is 2.93. The fraction of sp³-hybridized carbons (Fsp3) is 0.400. The van der Waals surface area contributed by atoms with Crippen LogP contribution in [0.4, 0.5) is 0 Å². The molecule has 2 rings (SSSR count). The smallest absolute Gasteiger partial charge is 0.322 e. The molecule has 2 aromatic rings. The van der Waals surface area contributed by atoms with Crippen LogP contribution in [-0.2, 0) is 32.7 Å². The lowest BCUT2D eigenvalue weighted by Crippen LogP contribution is -2.28. The van der Waals surface area contributed by atoms with Crippen LogP contribution in [0.15, 0.2) is 47.4 Å². The zero-order valence-electron chi connectivity index (χ0n) is 15.6. The first kappa shape index (κ1) is 20.9. The van der Waals surface area contributed by atoms with E-state index in [4.69, 9.17) is 9.47 Å². The molecule has 0 amide bonds. The van der Waals surface area contributed by atoms with Crippen molar-refractivity contribution in [2.45, 2.75) is 44.3 Å². The number of nitrogens with one attached hydrogen (secondary N) is 1. The number of aromatic nitrogens is 1. The first-order valence-electron chi connectivity index (χ1n) is 8.97. The van der Waals surface area contributed by atoms with E-state index in [1.807, 2.05) is 37.3 Å². The van der Waals surface area contributed by atoms with E-state index >= 15 is 0 Å². The minimum atomic E-state index is -1.50. The molecule has 6 nitrogen and oxygen atoms in total. The van der Waals surface area contributed by atoms with E-state index in [1.165, 1.54) is 12.3 Å². The molecule has 1 aromatic carbocycles. The molecular weight excluding hydrogens is 366 g/mol. The van der Waals surface area contributed by atoms with Crippen molar-refractivity contribution in [1.29, 1.82) is 0 Å². The second kappa shape index (κ2) is 10.7. The molecule has 0 saturated heterocycles. The fourth-order valence-electron chi connectivity index (χ4n) is 2.44. The quantitative estimate of drug-likeness (QED) is 0.630. The highest BCUT2D eigenvalue weighted by molar-refractivity contribution is 7.85. The minimum absolute atomic E-state index is 0.0717. The van der Waals surface area contributed by atoms with Gasteiger partial charge < -0.3 is 14.5 Å². The molecule has 146 valence electrons. The van der Waals surface area contributed by atoms with Gasteiger partial charge >= 0.3 is 5.97 Å². The maximum atomic E-state index is 12.6. The maximum Gasteiger partial charge on any atom is 0.322 e. The summed E-state index contributed by atoms with van der Waals surface area (Å²) in [6.07, 6.45) is 2.66. The number of rotatable bonds is 10. The highest BCUT2D eigenvalue weighted by Crippen LogP contribution is 2.12. The van der Waals surface area contributed by atoms with E-state index in [9.17, 15) is 13.8 Å². The summed E-state index contributed by atoms with van der Waals surface area (Å²) in [4.78, 5) is 27.3. The van der Waals surface area contributed by atoms with Crippen molar-refractivity contribution in [1.82, 2.24) is 4.98 Å². The SMILES string of the molecule is CCCOc1c[nH]c(CS(=O)C(CC)C(=O)OCc2ccccc2)cc1=O. The Bertz CT molecular complexity index is 819. The molecule has 0 aliphatic carbocycles. The second-order valence-electron chi connectivity index (χ2n) is 6.05. The summed E-state index contributed by atoms with van der Waals surface area (Å²) in [5.41, 5.74) is 1.10. The third-order valence-electron chi connectivity index (χ3n) is 3.87. The summed E-state index contributed by atoms with van der Waals surface area (Å²) in [5.74, 6) is -0.187. The van der Waals surface area contributed by atoms with E-state index in [0.29, 0.717) is 18.7 Å². The molecule has 2 unspecified atom stereocenters. The van der Waals surface area contributed by atoms with Crippen LogP contribution >= 0.6 is 0 Å². The van der Waals surface area contributed by atoms with Crippen LogP contribution in [0.25, 0.3) is 0 Å². The maximum absolute atomic E-state index is 12.6.